The van der Waals surface area contributed by atoms with Crippen LogP contribution in [0.25, 0.3) is 0 Å². The van der Waals surface area contributed by atoms with E-state index in [1.165, 1.54) is 0 Å². The SMILES string of the molecule is O=C(O)[C@@H]1CC(Br)(Br)CN1. The zero-order valence-electron chi connectivity index (χ0n) is 5.10. The topological polar surface area (TPSA) is 49.3 Å². The summed E-state index contributed by atoms with van der Waals surface area (Å²) < 4.78 is -0.219. The minimum atomic E-state index is -0.791. The molecule has 0 aromatic carbocycles. The van der Waals surface area contributed by atoms with Crippen LogP contribution < -0.4 is 5.32 Å². The third-order valence-electron chi connectivity index (χ3n) is 1.41. The predicted molar refractivity (Wildman–Crippen MR) is 44.6 cm³/mol. The number of halogens is 2. The number of aliphatic carboxylic acids is 1. The lowest BCUT2D eigenvalue weighted by molar-refractivity contribution is -0.139. The van der Waals surface area contributed by atoms with Crippen molar-refractivity contribution in [1.29, 1.82) is 0 Å². The van der Waals surface area contributed by atoms with E-state index < -0.39 is 12.0 Å². The van der Waals surface area contributed by atoms with Gasteiger partial charge in [0.15, 0.2) is 0 Å². The van der Waals surface area contributed by atoms with Crippen LogP contribution in [0.1, 0.15) is 6.42 Å². The summed E-state index contributed by atoms with van der Waals surface area (Å²) in [5.41, 5.74) is 0. The lowest BCUT2D eigenvalue weighted by Gasteiger charge is -2.08. The van der Waals surface area contributed by atoms with E-state index in [0.717, 1.165) is 0 Å². The van der Waals surface area contributed by atoms with Gasteiger partial charge < -0.3 is 10.4 Å². The van der Waals surface area contributed by atoms with Crippen LogP contribution in [0.4, 0.5) is 0 Å². The highest BCUT2D eigenvalue weighted by atomic mass is 79.9. The number of carboxylic acid groups (broad SMARTS) is 1. The highest BCUT2D eigenvalue weighted by Gasteiger charge is 2.37. The van der Waals surface area contributed by atoms with Crippen LogP contribution in [0, 0.1) is 0 Å². The molecule has 1 heterocycles. The molecule has 0 bridgehead atoms. The molecule has 0 aromatic rings. The van der Waals surface area contributed by atoms with Crippen LogP contribution in [-0.4, -0.2) is 26.9 Å². The summed E-state index contributed by atoms with van der Waals surface area (Å²) in [4.78, 5) is 10.4. The molecule has 0 amide bonds. The number of alkyl halides is 2. The van der Waals surface area contributed by atoms with Crippen molar-refractivity contribution >= 4 is 37.8 Å². The van der Waals surface area contributed by atoms with Crippen molar-refractivity contribution in [3.8, 4) is 0 Å². The Balaban J connectivity index is 2.51. The van der Waals surface area contributed by atoms with Gasteiger partial charge >= 0.3 is 5.97 Å². The van der Waals surface area contributed by atoms with Crippen molar-refractivity contribution in [3.05, 3.63) is 0 Å². The molecule has 3 nitrogen and oxygen atoms in total. The normalized spacial score (nSPS) is 30.4. The van der Waals surface area contributed by atoms with Gasteiger partial charge in [-0.25, -0.2) is 0 Å². The summed E-state index contributed by atoms with van der Waals surface area (Å²) in [6.07, 6.45) is 0.572. The molecule has 5 heteroatoms. The molecule has 1 aliphatic rings. The Labute approximate surface area is 75.4 Å². The molecule has 0 unspecified atom stereocenters. The zero-order chi connectivity index (χ0) is 7.78. The molecule has 1 rings (SSSR count). The fraction of sp³-hybridized carbons (Fsp3) is 0.800. The number of rotatable bonds is 1. The second-order valence-electron chi connectivity index (χ2n) is 2.33. The van der Waals surface area contributed by atoms with Crippen LogP contribution in [-0.2, 0) is 4.79 Å². The van der Waals surface area contributed by atoms with Crippen LogP contribution in [0.3, 0.4) is 0 Å². The van der Waals surface area contributed by atoms with Gasteiger partial charge in [-0.2, -0.15) is 0 Å². The first-order valence-electron chi connectivity index (χ1n) is 2.85. The van der Waals surface area contributed by atoms with E-state index in [1.54, 1.807) is 0 Å². The van der Waals surface area contributed by atoms with E-state index in [-0.39, 0.29) is 3.23 Å². The maximum atomic E-state index is 10.4. The molecule has 10 heavy (non-hydrogen) atoms. The van der Waals surface area contributed by atoms with Gasteiger partial charge in [-0.05, 0) is 6.42 Å². The van der Waals surface area contributed by atoms with E-state index >= 15 is 0 Å². The highest BCUT2D eigenvalue weighted by Crippen LogP contribution is 2.34. The number of nitrogens with one attached hydrogen (secondary N) is 1. The molecule has 1 atom stereocenters. The van der Waals surface area contributed by atoms with E-state index in [1.807, 2.05) is 0 Å². The summed E-state index contributed by atoms with van der Waals surface area (Å²) >= 11 is 6.68. The van der Waals surface area contributed by atoms with Gasteiger partial charge in [0.1, 0.15) is 6.04 Å². The fourth-order valence-corrected chi connectivity index (χ4v) is 1.86. The second-order valence-corrected chi connectivity index (χ2v) is 6.43. The first-order valence-corrected chi connectivity index (χ1v) is 4.44. The Morgan fingerprint density at radius 3 is 2.50 bits per heavy atom. The average Bonchev–Trinajstić information content (AvgIpc) is 2.10. The Hall–Kier alpha value is 0.390. The van der Waals surface area contributed by atoms with Crippen molar-refractivity contribution < 1.29 is 9.90 Å². The largest absolute Gasteiger partial charge is 0.480 e. The smallest absolute Gasteiger partial charge is 0.320 e. The molecule has 1 aliphatic heterocycles. The molecular formula is C5H7Br2NO2. The van der Waals surface area contributed by atoms with E-state index in [2.05, 4.69) is 37.2 Å². The van der Waals surface area contributed by atoms with Gasteiger partial charge in [-0.3, -0.25) is 4.79 Å². The minimum absolute atomic E-state index is 0.219. The first kappa shape index (κ1) is 8.49. The molecule has 0 aliphatic carbocycles. The molecule has 2 N–H and O–H groups in total. The highest BCUT2D eigenvalue weighted by molar-refractivity contribution is 9.25. The van der Waals surface area contributed by atoms with Gasteiger partial charge in [0.25, 0.3) is 0 Å². The molecule has 0 spiro atoms. The van der Waals surface area contributed by atoms with Crippen LogP contribution in [0.5, 0.6) is 0 Å². The van der Waals surface area contributed by atoms with Crippen molar-refractivity contribution in [3.63, 3.8) is 0 Å². The third kappa shape index (κ3) is 1.93. The number of hydrogen-bond donors (Lipinski definition) is 2. The van der Waals surface area contributed by atoms with E-state index in [9.17, 15) is 4.79 Å². The van der Waals surface area contributed by atoms with E-state index in [4.69, 9.17) is 5.11 Å². The molecule has 1 saturated heterocycles. The monoisotopic (exact) mass is 271 g/mol. The fourth-order valence-electron chi connectivity index (χ4n) is 0.890. The second kappa shape index (κ2) is 2.79. The molecule has 0 aromatic heterocycles. The minimum Gasteiger partial charge on any atom is -0.480 e. The Kier molecular flexibility index (Phi) is 2.37. The van der Waals surface area contributed by atoms with Crippen molar-refractivity contribution in [2.75, 3.05) is 6.54 Å². The van der Waals surface area contributed by atoms with Gasteiger partial charge in [-0.15, -0.1) is 0 Å². The molecule has 0 saturated carbocycles. The van der Waals surface area contributed by atoms with Gasteiger partial charge in [0, 0.05) is 6.54 Å². The average molecular weight is 273 g/mol. The zero-order valence-corrected chi connectivity index (χ0v) is 8.27. The van der Waals surface area contributed by atoms with Crippen molar-refractivity contribution in [2.24, 2.45) is 0 Å². The number of carboxylic acids is 1. The Morgan fingerprint density at radius 2 is 2.30 bits per heavy atom. The van der Waals surface area contributed by atoms with Crippen molar-refractivity contribution in [1.82, 2.24) is 5.32 Å². The number of carbonyl (C=O) groups is 1. The van der Waals surface area contributed by atoms with Gasteiger partial charge in [-0.1, -0.05) is 31.9 Å². The molecule has 0 radical (unpaired) electrons. The van der Waals surface area contributed by atoms with E-state index in [0.29, 0.717) is 13.0 Å². The lowest BCUT2D eigenvalue weighted by atomic mass is 10.2. The van der Waals surface area contributed by atoms with Crippen molar-refractivity contribution in [2.45, 2.75) is 15.7 Å². The summed E-state index contributed by atoms with van der Waals surface area (Å²) in [5.74, 6) is -0.791. The molecule has 58 valence electrons. The van der Waals surface area contributed by atoms with Gasteiger partial charge in [0.2, 0.25) is 0 Å². The Morgan fingerprint density at radius 1 is 1.70 bits per heavy atom. The third-order valence-corrected chi connectivity index (χ3v) is 2.62. The summed E-state index contributed by atoms with van der Waals surface area (Å²) in [5, 5.41) is 11.4. The quantitative estimate of drug-likeness (QED) is 0.698. The summed E-state index contributed by atoms with van der Waals surface area (Å²) in [7, 11) is 0. The lowest BCUT2D eigenvalue weighted by Crippen LogP contribution is -2.29. The number of hydrogen-bond acceptors (Lipinski definition) is 2. The maximum Gasteiger partial charge on any atom is 0.320 e. The van der Waals surface area contributed by atoms with Crippen LogP contribution in [0.15, 0.2) is 0 Å². The predicted octanol–water partition coefficient (Wildman–Crippen LogP) is 0.919. The standard InChI is InChI=1S/C5H7Br2NO2/c6-5(7)1-3(4(9)10)8-2-5/h3,8H,1-2H2,(H,9,10)/t3-/m0/s1. The summed E-state index contributed by atoms with van der Waals surface area (Å²) in [6, 6.07) is -0.418. The summed E-state index contributed by atoms with van der Waals surface area (Å²) in [6.45, 7) is 0.643. The van der Waals surface area contributed by atoms with Crippen LogP contribution in [0.2, 0.25) is 0 Å². The molecule has 1 fully saturated rings. The molecular weight excluding hydrogens is 266 g/mol. The maximum absolute atomic E-state index is 10.4. The Bertz CT molecular complexity index is 160. The van der Waals surface area contributed by atoms with Crippen LogP contribution >= 0.6 is 31.9 Å². The first-order chi connectivity index (χ1) is 4.51. The van der Waals surface area contributed by atoms with Gasteiger partial charge in [0.05, 0.1) is 3.23 Å².